The molecule has 1 aromatic carbocycles. The summed E-state index contributed by atoms with van der Waals surface area (Å²) < 4.78 is 40.7. The third kappa shape index (κ3) is 3.16. The maximum atomic E-state index is 13.5. The Balaban J connectivity index is 2.29. The SMILES string of the molecule is CC(Nc1c(F)cc(F)cc1F)c1cc(Cl)sc1Cl. The molecule has 0 aliphatic carbocycles. The average molecular weight is 326 g/mol. The van der Waals surface area contributed by atoms with Crippen LogP contribution in [-0.4, -0.2) is 0 Å². The summed E-state index contributed by atoms with van der Waals surface area (Å²) >= 11 is 12.9. The second-order valence-electron chi connectivity index (χ2n) is 3.89. The Morgan fingerprint density at radius 2 is 1.68 bits per heavy atom. The molecule has 0 bridgehead atoms. The lowest BCUT2D eigenvalue weighted by atomic mass is 10.1. The zero-order valence-electron chi connectivity index (χ0n) is 9.61. The molecule has 1 N–H and O–H groups in total. The number of anilines is 1. The monoisotopic (exact) mass is 325 g/mol. The van der Waals surface area contributed by atoms with Crippen molar-refractivity contribution >= 4 is 40.2 Å². The molecule has 102 valence electrons. The molecule has 19 heavy (non-hydrogen) atoms. The zero-order chi connectivity index (χ0) is 14.2. The van der Waals surface area contributed by atoms with Crippen LogP contribution in [0.25, 0.3) is 0 Å². The van der Waals surface area contributed by atoms with Crippen molar-refractivity contribution in [1.82, 2.24) is 0 Å². The summed E-state index contributed by atoms with van der Waals surface area (Å²) in [6, 6.07) is 2.37. The Kier molecular flexibility index (Phi) is 4.28. The first-order chi connectivity index (χ1) is 8.88. The van der Waals surface area contributed by atoms with E-state index in [4.69, 9.17) is 23.2 Å². The molecule has 2 rings (SSSR count). The van der Waals surface area contributed by atoms with Crippen LogP contribution < -0.4 is 5.32 Å². The lowest BCUT2D eigenvalue weighted by Crippen LogP contribution is -2.09. The van der Waals surface area contributed by atoms with Crippen LogP contribution in [0.4, 0.5) is 18.9 Å². The van der Waals surface area contributed by atoms with Crippen molar-refractivity contribution in [3.05, 3.63) is 49.9 Å². The molecule has 0 fully saturated rings. The van der Waals surface area contributed by atoms with E-state index in [-0.39, 0.29) is 0 Å². The maximum absolute atomic E-state index is 13.5. The fourth-order valence-electron chi connectivity index (χ4n) is 1.62. The van der Waals surface area contributed by atoms with Crippen LogP contribution in [0.15, 0.2) is 18.2 Å². The van der Waals surface area contributed by atoms with Gasteiger partial charge in [0.1, 0.15) is 11.5 Å². The molecule has 0 aliphatic rings. The first-order valence-corrected chi connectivity index (χ1v) is 6.81. The largest absolute Gasteiger partial charge is 0.374 e. The van der Waals surface area contributed by atoms with E-state index in [0.29, 0.717) is 26.4 Å². The minimum atomic E-state index is -0.998. The predicted octanol–water partition coefficient (Wildman–Crippen LogP) is 5.65. The molecule has 0 aliphatic heterocycles. The van der Waals surface area contributed by atoms with Crippen LogP contribution in [0.2, 0.25) is 8.67 Å². The Bertz CT molecular complexity index is 592. The highest BCUT2D eigenvalue weighted by Crippen LogP contribution is 2.36. The van der Waals surface area contributed by atoms with Gasteiger partial charge >= 0.3 is 0 Å². The molecule has 1 heterocycles. The molecule has 7 heteroatoms. The zero-order valence-corrected chi connectivity index (χ0v) is 11.9. The second kappa shape index (κ2) is 5.61. The van der Waals surface area contributed by atoms with Gasteiger partial charge in [0.2, 0.25) is 0 Å². The average Bonchev–Trinajstić information content (AvgIpc) is 2.62. The molecule has 0 radical (unpaired) electrons. The summed E-state index contributed by atoms with van der Waals surface area (Å²) in [7, 11) is 0. The van der Waals surface area contributed by atoms with E-state index in [1.807, 2.05) is 0 Å². The lowest BCUT2D eigenvalue weighted by molar-refractivity contribution is 0.545. The Labute approximate surface area is 122 Å². The molecular weight excluding hydrogens is 318 g/mol. The summed E-state index contributed by atoms with van der Waals surface area (Å²) in [5, 5.41) is 2.62. The number of nitrogens with one attached hydrogen (secondary N) is 1. The second-order valence-corrected chi connectivity index (χ2v) is 6.18. The molecule has 1 unspecified atom stereocenters. The van der Waals surface area contributed by atoms with Gasteiger partial charge in [-0.15, -0.1) is 11.3 Å². The number of thiophene rings is 1. The smallest absolute Gasteiger partial charge is 0.152 e. The van der Waals surface area contributed by atoms with Gasteiger partial charge in [0.05, 0.1) is 14.7 Å². The van der Waals surface area contributed by atoms with Gasteiger partial charge < -0.3 is 5.32 Å². The molecule has 1 atom stereocenters. The van der Waals surface area contributed by atoms with Gasteiger partial charge in [0, 0.05) is 17.7 Å². The third-order valence-electron chi connectivity index (χ3n) is 2.52. The molecule has 1 aromatic heterocycles. The molecule has 0 saturated heterocycles. The van der Waals surface area contributed by atoms with Crippen LogP contribution >= 0.6 is 34.5 Å². The Morgan fingerprint density at radius 3 is 2.16 bits per heavy atom. The quantitative estimate of drug-likeness (QED) is 0.769. The first kappa shape index (κ1) is 14.5. The van der Waals surface area contributed by atoms with Gasteiger partial charge in [0.25, 0.3) is 0 Å². The maximum Gasteiger partial charge on any atom is 0.152 e. The summed E-state index contributed by atoms with van der Waals surface area (Å²) in [6.07, 6.45) is 0. The van der Waals surface area contributed by atoms with E-state index in [0.717, 1.165) is 11.3 Å². The minimum Gasteiger partial charge on any atom is -0.374 e. The lowest BCUT2D eigenvalue weighted by Gasteiger charge is -2.16. The highest BCUT2D eigenvalue weighted by atomic mass is 35.5. The number of hydrogen-bond acceptors (Lipinski definition) is 2. The van der Waals surface area contributed by atoms with E-state index in [2.05, 4.69) is 5.32 Å². The summed E-state index contributed by atoms with van der Waals surface area (Å²) in [5.74, 6) is -2.96. The topological polar surface area (TPSA) is 12.0 Å². The molecule has 1 nitrogen and oxygen atoms in total. The van der Waals surface area contributed by atoms with E-state index in [1.54, 1.807) is 13.0 Å². The number of hydrogen-bond donors (Lipinski definition) is 1. The van der Waals surface area contributed by atoms with Crippen LogP contribution in [-0.2, 0) is 0 Å². The van der Waals surface area contributed by atoms with E-state index >= 15 is 0 Å². The van der Waals surface area contributed by atoms with Gasteiger partial charge in [-0.05, 0) is 13.0 Å². The van der Waals surface area contributed by atoms with Gasteiger partial charge in [-0.2, -0.15) is 0 Å². The summed E-state index contributed by atoms with van der Waals surface area (Å²) in [6.45, 7) is 1.67. The van der Waals surface area contributed by atoms with Crippen molar-refractivity contribution in [2.75, 3.05) is 5.32 Å². The Morgan fingerprint density at radius 1 is 1.11 bits per heavy atom. The molecule has 0 saturated carbocycles. The molecular formula is C12H8Cl2F3NS. The predicted molar refractivity (Wildman–Crippen MR) is 72.7 cm³/mol. The fourth-order valence-corrected chi connectivity index (χ4v) is 3.27. The van der Waals surface area contributed by atoms with Crippen LogP contribution in [0.1, 0.15) is 18.5 Å². The first-order valence-electron chi connectivity index (χ1n) is 5.24. The summed E-state index contributed by atoms with van der Waals surface area (Å²) in [4.78, 5) is 0. The van der Waals surface area contributed by atoms with Crippen LogP contribution in [0.5, 0.6) is 0 Å². The van der Waals surface area contributed by atoms with Gasteiger partial charge in [0.15, 0.2) is 11.6 Å². The van der Waals surface area contributed by atoms with Crippen molar-refractivity contribution < 1.29 is 13.2 Å². The van der Waals surface area contributed by atoms with E-state index in [9.17, 15) is 13.2 Å². The third-order valence-corrected chi connectivity index (χ3v) is 4.04. The van der Waals surface area contributed by atoms with Gasteiger partial charge in [-0.25, -0.2) is 13.2 Å². The summed E-state index contributed by atoms with van der Waals surface area (Å²) in [5.41, 5.74) is 0.229. The normalized spacial score (nSPS) is 12.5. The van der Waals surface area contributed by atoms with Gasteiger partial charge in [-0.3, -0.25) is 0 Å². The van der Waals surface area contributed by atoms with Crippen molar-refractivity contribution in [2.45, 2.75) is 13.0 Å². The van der Waals surface area contributed by atoms with Crippen molar-refractivity contribution in [1.29, 1.82) is 0 Å². The van der Waals surface area contributed by atoms with Gasteiger partial charge in [-0.1, -0.05) is 23.2 Å². The standard InChI is InChI=1S/C12H8Cl2F3NS/c1-5(7-4-10(13)19-12(7)14)18-11-8(16)2-6(15)3-9(11)17/h2-5,18H,1H3. The van der Waals surface area contributed by atoms with Crippen molar-refractivity contribution in [2.24, 2.45) is 0 Å². The number of halogens is 5. The molecule has 2 aromatic rings. The van der Waals surface area contributed by atoms with Crippen LogP contribution in [0, 0.1) is 17.5 Å². The number of rotatable bonds is 3. The van der Waals surface area contributed by atoms with Crippen molar-refractivity contribution in [3.63, 3.8) is 0 Å². The van der Waals surface area contributed by atoms with E-state index < -0.39 is 29.2 Å². The van der Waals surface area contributed by atoms with Crippen molar-refractivity contribution in [3.8, 4) is 0 Å². The number of benzene rings is 1. The van der Waals surface area contributed by atoms with E-state index in [1.165, 1.54) is 0 Å². The Hall–Kier alpha value is -0.910. The minimum absolute atomic E-state index is 0.396. The highest BCUT2D eigenvalue weighted by molar-refractivity contribution is 7.20. The molecule has 0 amide bonds. The molecule has 0 spiro atoms. The van der Waals surface area contributed by atoms with Crippen LogP contribution in [0.3, 0.4) is 0 Å². The highest BCUT2D eigenvalue weighted by Gasteiger charge is 2.18. The fraction of sp³-hybridized carbons (Fsp3) is 0.167.